The molecule has 0 spiro atoms. The summed E-state index contributed by atoms with van der Waals surface area (Å²) in [5.74, 6) is 0.414. The molecule has 1 fully saturated rings. The van der Waals surface area contributed by atoms with Gasteiger partial charge in [-0.2, -0.15) is 5.26 Å². The molecule has 17 heavy (non-hydrogen) atoms. The minimum atomic E-state index is -0.694. The maximum absolute atomic E-state index is 11.9. The summed E-state index contributed by atoms with van der Waals surface area (Å²) < 4.78 is 4.86. The summed E-state index contributed by atoms with van der Waals surface area (Å²) in [5, 5.41) is 12.1. The van der Waals surface area contributed by atoms with Gasteiger partial charge in [0.2, 0.25) is 0 Å². The standard InChI is InChI=1S/C13H16N2O2/c1-10-2-5-13(9-14,6-3-10)15-12(16)11-4-7-17-8-11/h4,7-8,10H,2-3,5-6H2,1H3,(H,15,16). The van der Waals surface area contributed by atoms with Crippen LogP contribution in [0.2, 0.25) is 0 Å². The van der Waals surface area contributed by atoms with E-state index >= 15 is 0 Å². The number of hydrogen-bond acceptors (Lipinski definition) is 3. The lowest BCUT2D eigenvalue weighted by molar-refractivity contribution is 0.0893. The van der Waals surface area contributed by atoms with Crippen LogP contribution < -0.4 is 5.32 Å². The van der Waals surface area contributed by atoms with Gasteiger partial charge < -0.3 is 9.73 Å². The summed E-state index contributed by atoms with van der Waals surface area (Å²) in [7, 11) is 0. The Morgan fingerprint density at radius 2 is 2.29 bits per heavy atom. The molecule has 1 N–H and O–H groups in total. The van der Waals surface area contributed by atoms with Crippen molar-refractivity contribution >= 4 is 5.91 Å². The minimum absolute atomic E-state index is 0.227. The van der Waals surface area contributed by atoms with Crippen LogP contribution in [-0.4, -0.2) is 11.4 Å². The monoisotopic (exact) mass is 232 g/mol. The third-order valence-corrected chi connectivity index (χ3v) is 3.48. The summed E-state index contributed by atoms with van der Waals surface area (Å²) in [6.45, 7) is 2.18. The normalized spacial score (nSPS) is 28.4. The van der Waals surface area contributed by atoms with Gasteiger partial charge in [0, 0.05) is 0 Å². The van der Waals surface area contributed by atoms with Crippen LogP contribution in [0.25, 0.3) is 0 Å². The number of nitrogens with one attached hydrogen (secondary N) is 1. The van der Waals surface area contributed by atoms with E-state index in [1.807, 2.05) is 0 Å². The molecular formula is C13H16N2O2. The highest BCUT2D eigenvalue weighted by Crippen LogP contribution is 2.31. The second-order valence-corrected chi connectivity index (χ2v) is 4.84. The Bertz CT molecular complexity index is 423. The van der Waals surface area contributed by atoms with Crippen LogP contribution in [0.5, 0.6) is 0 Å². The van der Waals surface area contributed by atoms with E-state index < -0.39 is 5.54 Å². The van der Waals surface area contributed by atoms with Gasteiger partial charge in [0.05, 0.1) is 17.9 Å². The Morgan fingerprint density at radius 1 is 1.59 bits per heavy atom. The second-order valence-electron chi connectivity index (χ2n) is 4.84. The fourth-order valence-corrected chi connectivity index (χ4v) is 2.20. The Labute approximate surface area is 101 Å². The highest BCUT2D eigenvalue weighted by Gasteiger charge is 2.35. The van der Waals surface area contributed by atoms with Crippen molar-refractivity contribution in [1.82, 2.24) is 5.32 Å². The number of carbonyl (C=O) groups excluding carboxylic acids is 1. The summed E-state index contributed by atoms with van der Waals surface area (Å²) in [6.07, 6.45) is 6.28. The Kier molecular flexibility index (Phi) is 3.19. The lowest BCUT2D eigenvalue weighted by atomic mass is 9.78. The predicted molar refractivity (Wildman–Crippen MR) is 62.2 cm³/mol. The molecular weight excluding hydrogens is 216 g/mol. The quantitative estimate of drug-likeness (QED) is 0.851. The van der Waals surface area contributed by atoms with E-state index in [2.05, 4.69) is 18.3 Å². The molecule has 0 atom stereocenters. The number of nitriles is 1. The number of hydrogen-bond donors (Lipinski definition) is 1. The van der Waals surface area contributed by atoms with Crippen molar-refractivity contribution < 1.29 is 9.21 Å². The van der Waals surface area contributed by atoms with E-state index in [9.17, 15) is 10.1 Å². The van der Waals surface area contributed by atoms with Crippen molar-refractivity contribution in [2.24, 2.45) is 5.92 Å². The third-order valence-electron chi connectivity index (χ3n) is 3.48. The first-order valence-corrected chi connectivity index (χ1v) is 5.91. The molecule has 4 heteroatoms. The molecule has 1 aliphatic rings. The minimum Gasteiger partial charge on any atom is -0.472 e. The fourth-order valence-electron chi connectivity index (χ4n) is 2.20. The van der Waals surface area contributed by atoms with Crippen LogP contribution >= 0.6 is 0 Å². The number of carbonyl (C=O) groups is 1. The second kappa shape index (κ2) is 4.62. The Balaban J connectivity index is 2.06. The molecule has 1 aliphatic carbocycles. The third kappa shape index (κ3) is 2.50. The van der Waals surface area contributed by atoms with Gasteiger partial charge in [-0.3, -0.25) is 4.79 Å². The van der Waals surface area contributed by atoms with Crippen molar-refractivity contribution in [3.8, 4) is 6.07 Å². The molecule has 0 saturated heterocycles. The van der Waals surface area contributed by atoms with Crippen molar-refractivity contribution in [2.75, 3.05) is 0 Å². The first-order valence-electron chi connectivity index (χ1n) is 5.91. The van der Waals surface area contributed by atoms with Crippen LogP contribution in [0.3, 0.4) is 0 Å². The zero-order valence-corrected chi connectivity index (χ0v) is 9.90. The van der Waals surface area contributed by atoms with Crippen molar-refractivity contribution in [2.45, 2.75) is 38.1 Å². The van der Waals surface area contributed by atoms with Gasteiger partial charge in [-0.25, -0.2) is 0 Å². The number of nitrogens with zero attached hydrogens (tertiary/aromatic N) is 1. The van der Waals surface area contributed by atoms with Crippen molar-refractivity contribution in [1.29, 1.82) is 5.26 Å². The van der Waals surface area contributed by atoms with Gasteiger partial charge in [-0.1, -0.05) is 6.92 Å². The van der Waals surface area contributed by atoms with E-state index in [4.69, 9.17) is 4.42 Å². The molecule has 0 radical (unpaired) electrons. The number of rotatable bonds is 2. The van der Waals surface area contributed by atoms with Crippen LogP contribution in [-0.2, 0) is 0 Å². The molecule has 0 aliphatic heterocycles. The van der Waals surface area contributed by atoms with Gasteiger partial charge in [0.25, 0.3) is 5.91 Å². The predicted octanol–water partition coefficient (Wildman–Crippen LogP) is 2.48. The van der Waals surface area contributed by atoms with E-state index in [1.54, 1.807) is 6.07 Å². The summed E-state index contributed by atoms with van der Waals surface area (Å²) in [4.78, 5) is 11.9. The molecule has 1 aromatic heterocycles. The van der Waals surface area contributed by atoms with Gasteiger partial charge in [-0.15, -0.1) is 0 Å². The van der Waals surface area contributed by atoms with E-state index in [0.29, 0.717) is 11.5 Å². The van der Waals surface area contributed by atoms with Crippen molar-refractivity contribution in [3.63, 3.8) is 0 Å². The SMILES string of the molecule is CC1CCC(C#N)(NC(=O)c2ccoc2)CC1. The molecule has 4 nitrogen and oxygen atoms in total. The van der Waals surface area contributed by atoms with Gasteiger partial charge in [0.15, 0.2) is 0 Å². The molecule has 1 aromatic rings. The van der Waals surface area contributed by atoms with E-state index in [0.717, 1.165) is 25.7 Å². The van der Waals surface area contributed by atoms with Gasteiger partial charge in [0.1, 0.15) is 11.8 Å². The van der Waals surface area contributed by atoms with Gasteiger partial charge in [-0.05, 0) is 37.7 Å². The molecule has 90 valence electrons. The lowest BCUT2D eigenvalue weighted by Gasteiger charge is -2.34. The fraction of sp³-hybridized carbons (Fsp3) is 0.538. The molecule has 1 heterocycles. The average molecular weight is 232 g/mol. The number of furan rings is 1. The smallest absolute Gasteiger partial charge is 0.255 e. The number of amides is 1. The van der Waals surface area contributed by atoms with Crippen LogP contribution in [0.4, 0.5) is 0 Å². The molecule has 0 bridgehead atoms. The molecule has 1 amide bonds. The maximum Gasteiger partial charge on any atom is 0.255 e. The average Bonchev–Trinajstić information content (AvgIpc) is 2.86. The Hall–Kier alpha value is -1.76. The highest BCUT2D eigenvalue weighted by atomic mass is 16.3. The molecule has 2 rings (SSSR count). The topological polar surface area (TPSA) is 66.0 Å². The molecule has 0 aromatic carbocycles. The first kappa shape index (κ1) is 11.7. The zero-order valence-electron chi connectivity index (χ0n) is 9.90. The van der Waals surface area contributed by atoms with E-state index in [1.165, 1.54) is 12.5 Å². The van der Waals surface area contributed by atoms with Gasteiger partial charge >= 0.3 is 0 Å². The van der Waals surface area contributed by atoms with Crippen LogP contribution in [0, 0.1) is 17.2 Å². The molecule has 0 unspecified atom stereocenters. The van der Waals surface area contributed by atoms with Crippen LogP contribution in [0.1, 0.15) is 43.0 Å². The Morgan fingerprint density at radius 3 is 2.82 bits per heavy atom. The summed E-state index contributed by atoms with van der Waals surface area (Å²) in [5.41, 5.74) is -0.223. The first-order chi connectivity index (χ1) is 8.15. The summed E-state index contributed by atoms with van der Waals surface area (Å²) in [6, 6.07) is 3.87. The van der Waals surface area contributed by atoms with E-state index in [-0.39, 0.29) is 5.91 Å². The lowest BCUT2D eigenvalue weighted by Crippen LogP contribution is -2.49. The zero-order chi connectivity index (χ0) is 12.3. The molecule has 1 saturated carbocycles. The van der Waals surface area contributed by atoms with Crippen LogP contribution in [0.15, 0.2) is 23.0 Å². The highest BCUT2D eigenvalue weighted by molar-refractivity contribution is 5.94. The maximum atomic E-state index is 11.9. The summed E-state index contributed by atoms with van der Waals surface area (Å²) >= 11 is 0. The largest absolute Gasteiger partial charge is 0.472 e. The van der Waals surface area contributed by atoms with Crippen molar-refractivity contribution in [3.05, 3.63) is 24.2 Å².